The minimum absolute atomic E-state index is 0.148. The van der Waals surface area contributed by atoms with E-state index in [4.69, 9.17) is 0 Å². The number of nitrogens with one attached hydrogen (secondary N) is 1. The molecule has 1 N–H and O–H groups in total. The summed E-state index contributed by atoms with van der Waals surface area (Å²) in [4.78, 5) is 20.6. The highest BCUT2D eigenvalue weighted by Gasteiger charge is 2.08. The van der Waals surface area contributed by atoms with Gasteiger partial charge in [0.15, 0.2) is 0 Å². The second-order valence-corrected chi connectivity index (χ2v) is 4.50. The molecule has 0 saturated carbocycles. The number of allylic oxidation sites excluding steroid dienone is 1. The van der Waals surface area contributed by atoms with Crippen LogP contribution in [0.5, 0.6) is 0 Å². The Morgan fingerprint density at radius 1 is 1.14 bits per heavy atom. The highest BCUT2D eigenvalue weighted by atomic mass is 16.1. The van der Waals surface area contributed by atoms with Crippen LogP contribution in [0.25, 0.3) is 11.4 Å². The highest BCUT2D eigenvalue weighted by molar-refractivity contribution is 5.96. The molecule has 2 aromatic rings. The topological polar surface area (TPSA) is 54.9 Å². The molecular weight excluding hydrogens is 262 g/mol. The molecule has 21 heavy (non-hydrogen) atoms. The van der Waals surface area contributed by atoms with Crippen molar-refractivity contribution in [2.24, 2.45) is 0 Å². The van der Waals surface area contributed by atoms with E-state index in [2.05, 4.69) is 21.0 Å². The fourth-order valence-corrected chi connectivity index (χ4v) is 1.97. The molecule has 4 nitrogen and oxygen atoms in total. The standard InChI is InChI=1S/C17H13N3O/c21-17(13-6-1-2-7-13)19-12-14-8-5-10-16(20-14)15-9-3-4-11-18-15/h1-6,8-11H,12H2,(H,19,21). The summed E-state index contributed by atoms with van der Waals surface area (Å²) in [5, 5.41) is 2.83. The normalized spacial score (nSPS) is 12.3. The van der Waals surface area contributed by atoms with Gasteiger partial charge in [0.25, 0.3) is 5.91 Å². The van der Waals surface area contributed by atoms with Gasteiger partial charge < -0.3 is 5.32 Å². The van der Waals surface area contributed by atoms with Gasteiger partial charge in [0, 0.05) is 6.20 Å². The SMILES string of the molecule is O=C(NCc1cccc(-c2ccccn2)n1)C1=C=CC=C1. The maximum atomic E-state index is 11.9. The first kappa shape index (κ1) is 13.0. The molecule has 0 aromatic carbocycles. The van der Waals surface area contributed by atoms with Crippen molar-refractivity contribution >= 4 is 5.91 Å². The van der Waals surface area contributed by atoms with Crippen LogP contribution < -0.4 is 5.32 Å². The fourth-order valence-electron chi connectivity index (χ4n) is 1.97. The molecule has 2 aromatic heterocycles. The highest BCUT2D eigenvalue weighted by Crippen LogP contribution is 2.13. The van der Waals surface area contributed by atoms with E-state index in [-0.39, 0.29) is 5.91 Å². The lowest BCUT2D eigenvalue weighted by Gasteiger charge is -2.06. The zero-order chi connectivity index (χ0) is 14.5. The predicted octanol–water partition coefficient (Wildman–Crippen LogP) is 2.41. The lowest BCUT2D eigenvalue weighted by molar-refractivity contribution is -0.117. The van der Waals surface area contributed by atoms with Gasteiger partial charge in [0.2, 0.25) is 0 Å². The van der Waals surface area contributed by atoms with E-state index in [1.807, 2.05) is 36.4 Å². The number of carbonyl (C=O) groups excluding carboxylic acids is 1. The van der Waals surface area contributed by atoms with Crippen molar-refractivity contribution in [1.29, 1.82) is 0 Å². The summed E-state index contributed by atoms with van der Waals surface area (Å²) >= 11 is 0. The third kappa shape index (κ3) is 3.14. The third-order valence-electron chi connectivity index (χ3n) is 3.01. The number of aromatic nitrogens is 2. The number of hydrogen-bond donors (Lipinski definition) is 1. The first-order valence-corrected chi connectivity index (χ1v) is 6.62. The van der Waals surface area contributed by atoms with Crippen LogP contribution >= 0.6 is 0 Å². The molecule has 2 heterocycles. The quantitative estimate of drug-likeness (QED) is 0.872. The van der Waals surface area contributed by atoms with Gasteiger partial charge in [-0.1, -0.05) is 18.2 Å². The summed E-state index contributed by atoms with van der Waals surface area (Å²) in [5.74, 6) is -0.148. The molecule has 1 amide bonds. The van der Waals surface area contributed by atoms with Crippen LogP contribution in [0.2, 0.25) is 0 Å². The molecule has 0 radical (unpaired) electrons. The summed E-state index contributed by atoms with van der Waals surface area (Å²) in [6, 6.07) is 11.4. The van der Waals surface area contributed by atoms with Crippen molar-refractivity contribution in [3.05, 3.63) is 77.8 Å². The number of hydrogen-bond acceptors (Lipinski definition) is 3. The predicted molar refractivity (Wildman–Crippen MR) is 80.1 cm³/mol. The average molecular weight is 275 g/mol. The number of pyridine rings is 2. The van der Waals surface area contributed by atoms with E-state index in [0.717, 1.165) is 17.1 Å². The molecule has 0 fully saturated rings. The summed E-state index contributed by atoms with van der Waals surface area (Å²) in [7, 11) is 0. The molecular formula is C17H13N3O. The van der Waals surface area contributed by atoms with Crippen molar-refractivity contribution in [2.75, 3.05) is 0 Å². The second-order valence-electron chi connectivity index (χ2n) is 4.50. The van der Waals surface area contributed by atoms with Crippen molar-refractivity contribution in [1.82, 2.24) is 15.3 Å². The Labute approximate surface area is 122 Å². The lowest BCUT2D eigenvalue weighted by atomic mass is 10.2. The van der Waals surface area contributed by atoms with Crippen LogP contribution in [-0.4, -0.2) is 15.9 Å². The van der Waals surface area contributed by atoms with E-state index < -0.39 is 0 Å². The van der Waals surface area contributed by atoms with E-state index in [1.54, 1.807) is 24.4 Å². The first-order valence-electron chi connectivity index (χ1n) is 6.62. The van der Waals surface area contributed by atoms with Gasteiger partial charge in [-0.2, -0.15) is 0 Å². The number of rotatable bonds is 4. The molecule has 0 spiro atoms. The monoisotopic (exact) mass is 275 g/mol. The Morgan fingerprint density at radius 3 is 2.81 bits per heavy atom. The van der Waals surface area contributed by atoms with Crippen molar-refractivity contribution in [2.45, 2.75) is 6.54 Å². The lowest BCUT2D eigenvalue weighted by Crippen LogP contribution is -2.23. The number of amides is 1. The minimum Gasteiger partial charge on any atom is -0.346 e. The van der Waals surface area contributed by atoms with Crippen LogP contribution in [0.1, 0.15) is 5.69 Å². The Kier molecular flexibility index (Phi) is 3.72. The van der Waals surface area contributed by atoms with Crippen LogP contribution in [0.3, 0.4) is 0 Å². The molecule has 0 aliphatic heterocycles. The number of nitrogens with zero attached hydrogens (tertiary/aromatic N) is 2. The minimum atomic E-state index is -0.148. The zero-order valence-corrected chi connectivity index (χ0v) is 11.3. The van der Waals surface area contributed by atoms with E-state index in [0.29, 0.717) is 12.1 Å². The molecule has 0 bridgehead atoms. The van der Waals surface area contributed by atoms with Gasteiger partial charge in [-0.25, -0.2) is 4.98 Å². The first-order chi connectivity index (χ1) is 10.3. The Bertz CT molecular complexity index is 757. The van der Waals surface area contributed by atoms with Crippen LogP contribution in [0.4, 0.5) is 0 Å². The van der Waals surface area contributed by atoms with E-state index >= 15 is 0 Å². The van der Waals surface area contributed by atoms with E-state index in [9.17, 15) is 4.79 Å². The molecule has 1 aliphatic carbocycles. The largest absolute Gasteiger partial charge is 0.346 e. The molecule has 3 rings (SSSR count). The van der Waals surface area contributed by atoms with Crippen molar-refractivity contribution < 1.29 is 4.79 Å². The van der Waals surface area contributed by atoms with Crippen LogP contribution in [0.15, 0.2) is 72.1 Å². The Hall–Kier alpha value is -2.97. The number of carbonyl (C=O) groups is 1. The zero-order valence-electron chi connectivity index (χ0n) is 11.3. The van der Waals surface area contributed by atoms with Gasteiger partial charge in [-0.05, 0) is 36.4 Å². The third-order valence-corrected chi connectivity index (χ3v) is 3.01. The average Bonchev–Trinajstić information content (AvgIpc) is 3.08. The Balaban J connectivity index is 1.71. The Morgan fingerprint density at radius 2 is 2.05 bits per heavy atom. The molecule has 0 unspecified atom stereocenters. The second kappa shape index (κ2) is 5.99. The molecule has 0 saturated heterocycles. The van der Waals surface area contributed by atoms with Gasteiger partial charge in [-0.3, -0.25) is 9.78 Å². The van der Waals surface area contributed by atoms with Gasteiger partial charge in [0.05, 0.1) is 29.2 Å². The molecule has 4 heteroatoms. The van der Waals surface area contributed by atoms with Crippen molar-refractivity contribution in [3.63, 3.8) is 0 Å². The maximum Gasteiger partial charge on any atom is 0.259 e. The molecule has 102 valence electrons. The van der Waals surface area contributed by atoms with Crippen LogP contribution in [0, 0.1) is 0 Å². The van der Waals surface area contributed by atoms with Gasteiger partial charge in [0.1, 0.15) is 0 Å². The van der Waals surface area contributed by atoms with E-state index in [1.165, 1.54) is 0 Å². The summed E-state index contributed by atoms with van der Waals surface area (Å²) in [6.45, 7) is 0.374. The van der Waals surface area contributed by atoms with Crippen LogP contribution in [-0.2, 0) is 11.3 Å². The van der Waals surface area contributed by atoms with Crippen molar-refractivity contribution in [3.8, 4) is 11.4 Å². The summed E-state index contributed by atoms with van der Waals surface area (Å²) < 4.78 is 0. The summed E-state index contributed by atoms with van der Waals surface area (Å²) in [5.41, 5.74) is 5.80. The summed E-state index contributed by atoms with van der Waals surface area (Å²) in [6.07, 6.45) is 6.97. The fraction of sp³-hybridized carbons (Fsp3) is 0.0588. The van der Waals surface area contributed by atoms with Gasteiger partial charge >= 0.3 is 0 Å². The molecule has 0 atom stereocenters. The smallest absolute Gasteiger partial charge is 0.259 e. The maximum absolute atomic E-state index is 11.9. The molecule has 1 aliphatic rings. The van der Waals surface area contributed by atoms with Gasteiger partial charge in [-0.15, -0.1) is 5.73 Å².